The van der Waals surface area contributed by atoms with E-state index in [2.05, 4.69) is 5.32 Å². The highest BCUT2D eigenvalue weighted by Crippen LogP contribution is 2.14. The Morgan fingerprint density at radius 3 is 2.68 bits per heavy atom. The molecule has 3 aromatic rings. The highest BCUT2D eigenvalue weighted by Gasteiger charge is 2.14. The summed E-state index contributed by atoms with van der Waals surface area (Å²) >= 11 is 0. The number of nitro benzene ring substituents is 1. The highest BCUT2D eigenvalue weighted by atomic mass is 16.7. The van der Waals surface area contributed by atoms with Crippen molar-refractivity contribution in [3.05, 3.63) is 104 Å². The average molecular weight is 379 g/mol. The van der Waals surface area contributed by atoms with Crippen LogP contribution in [0.2, 0.25) is 0 Å². The Labute approximate surface area is 160 Å². The van der Waals surface area contributed by atoms with Gasteiger partial charge in [0.2, 0.25) is 0 Å². The van der Waals surface area contributed by atoms with Gasteiger partial charge in [-0.15, -0.1) is 0 Å². The summed E-state index contributed by atoms with van der Waals surface area (Å²) < 4.78 is 0.936. The Hall–Kier alpha value is -3.94. The minimum absolute atomic E-state index is 0.0650. The second-order valence-electron chi connectivity index (χ2n) is 6.02. The summed E-state index contributed by atoms with van der Waals surface area (Å²) in [5, 5.41) is 13.5. The number of hydrogen-bond donors (Lipinski definition) is 1. The molecule has 1 aromatic heterocycles. The number of anilines is 1. The van der Waals surface area contributed by atoms with Crippen LogP contribution in [-0.4, -0.2) is 15.6 Å². The molecule has 0 aliphatic carbocycles. The third kappa shape index (κ3) is 4.24. The molecule has 2 aromatic carbocycles. The first-order valence-electron chi connectivity index (χ1n) is 8.41. The van der Waals surface area contributed by atoms with Gasteiger partial charge in [-0.1, -0.05) is 30.3 Å². The standard InChI is InChI=1S/C20H17N3O5/c1-14-6-2-3-10-18(14)21-19(24)17-9-5-11-22(20(17)25)28-13-15-7-4-8-16(12-15)23(26)27/h2-12H,13H2,1H3,(H,21,24). The molecule has 142 valence electrons. The first kappa shape index (κ1) is 18.8. The molecule has 1 amide bonds. The van der Waals surface area contributed by atoms with Crippen molar-refractivity contribution >= 4 is 17.3 Å². The van der Waals surface area contributed by atoms with Crippen LogP contribution in [-0.2, 0) is 6.61 Å². The second kappa shape index (κ2) is 8.17. The van der Waals surface area contributed by atoms with E-state index in [0.29, 0.717) is 11.3 Å². The van der Waals surface area contributed by atoms with Gasteiger partial charge in [-0.25, -0.2) is 0 Å². The van der Waals surface area contributed by atoms with Crippen molar-refractivity contribution in [3.8, 4) is 0 Å². The number of amides is 1. The Bertz CT molecular complexity index is 1090. The molecule has 0 fully saturated rings. The van der Waals surface area contributed by atoms with Crippen molar-refractivity contribution in [3.63, 3.8) is 0 Å². The number of nitrogens with zero attached hydrogens (tertiary/aromatic N) is 2. The number of aromatic nitrogens is 1. The zero-order valence-corrected chi connectivity index (χ0v) is 15.0. The Morgan fingerprint density at radius 2 is 1.93 bits per heavy atom. The van der Waals surface area contributed by atoms with Gasteiger partial charge in [0.15, 0.2) is 0 Å². The van der Waals surface area contributed by atoms with Crippen molar-refractivity contribution in [2.45, 2.75) is 13.5 Å². The van der Waals surface area contributed by atoms with E-state index < -0.39 is 16.4 Å². The maximum absolute atomic E-state index is 12.6. The third-order valence-corrected chi connectivity index (χ3v) is 4.04. The Balaban J connectivity index is 1.77. The van der Waals surface area contributed by atoms with Gasteiger partial charge in [0, 0.05) is 24.0 Å². The fraction of sp³-hybridized carbons (Fsp3) is 0.100. The Kier molecular flexibility index (Phi) is 5.50. The van der Waals surface area contributed by atoms with E-state index in [1.807, 2.05) is 19.1 Å². The minimum Gasteiger partial charge on any atom is -0.406 e. The third-order valence-electron chi connectivity index (χ3n) is 4.04. The lowest BCUT2D eigenvalue weighted by molar-refractivity contribution is -0.384. The van der Waals surface area contributed by atoms with Gasteiger partial charge in [0.1, 0.15) is 12.2 Å². The van der Waals surface area contributed by atoms with Crippen LogP contribution in [0.15, 0.2) is 71.7 Å². The normalized spacial score (nSPS) is 10.3. The molecule has 8 heteroatoms. The lowest BCUT2D eigenvalue weighted by Gasteiger charge is -2.11. The lowest BCUT2D eigenvalue weighted by Crippen LogP contribution is -2.32. The summed E-state index contributed by atoms with van der Waals surface area (Å²) in [4.78, 5) is 40.8. The van der Waals surface area contributed by atoms with Crippen LogP contribution in [0.25, 0.3) is 0 Å². The van der Waals surface area contributed by atoms with Crippen molar-refractivity contribution in [1.82, 2.24) is 4.73 Å². The number of para-hydroxylation sites is 1. The van der Waals surface area contributed by atoms with E-state index >= 15 is 0 Å². The number of carbonyl (C=O) groups excluding carboxylic acids is 1. The molecule has 0 bridgehead atoms. The van der Waals surface area contributed by atoms with Crippen LogP contribution in [0.4, 0.5) is 11.4 Å². The molecule has 3 rings (SSSR count). The van der Waals surface area contributed by atoms with E-state index in [1.165, 1.54) is 36.5 Å². The van der Waals surface area contributed by atoms with Crippen LogP contribution in [0.5, 0.6) is 0 Å². The van der Waals surface area contributed by atoms with Crippen molar-refractivity contribution in [2.75, 3.05) is 5.32 Å². The molecule has 0 atom stereocenters. The number of carbonyl (C=O) groups is 1. The molecular weight excluding hydrogens is 362 g/mol. The van der Waals surface area contributed by atoms with Crippen LogP contribution >= 0.6 is 0 Å². The maximum Gasteiger partial charge on any atom is 0.295 e. The van der Waals surface area contributed by atoms with Gasteiger partial charge >= 0.3 is 0 Å². The number of nitro groups is 1. The summed E-state index contributed by atoms with van der Waals surface area (Å²) in [6.07, 6.45) is 1.38. The molecule has 1 N–H and O–H groups in total. The van der Waals surface area contributed by atoms with Gasteiger partial charge in [0.25, 0.3) is 17.2 Å². The number of hydrogen-bond acceptors (Lipinski definition) is 5. The van der Waals surface area contributed by atoms with E-state index in [0.717, 1.165) is 10.3 Å². The van der Waals surface area contributed by atoms with Gasteiger partial charge in [-0.3, -0.25) is 19.7 Å². The smallest absolute Gasteiger partial charge is 0.295 e. The molecule has 1 heterocycles. The quantitative estimate of drug-likeness (QED) is 0.524. The van der Waals surface area contributed by atoms with E-state index in [9.17, 15) is 19.7 Å². The summed E-state index contributed by atoms with van der Waals surface area (Å²) in [6.45, 7) is 1.78. The van der Waals surface area contributed by atoms with Crippen LogP contribution in [0.3, 0.4) is 0 Å². The molecule has 0 radical (unpaired) electrons. The molecule has 28 heavy (non-hydrogen) atoms. The molecule has 8 nitrogen and oxygen atoms in total. The molecule has 0 aliphatic heterocycles. The van der Waals surface area contributed by atoms with Crippen LogP contribution < -0.4 is 15.7 Å². The van der Waals surface area contributed by atoms with Gasteiger partial charge in [0.05, 0.1) is 4.92 Å². The monoisotopic (exact) mass is 379 g/mol. The first-order chi connectivity index (χ1) is 13.5. The minimum atomic E-state index is -0.626. The maximum atomic E-state index is 12.6. The lowest BCUT2D eigenvalue weighted by atomic mass is 10.2. The van der Waals surface area contributed by atoms with Crippen molar-refractivity contribution < 1.29 is 14.6 Å². The highest BCUT2D eigenvalue weighted by molar-refractivity contribution is 6.04. The molecule has 0 spiro atoms. The summed E-state index contributed by atoms with van der Waals surface area (Å²) in [5.41, 5.74) is 1.23. The number of rotatable bonds is 6. The summed E-state index contributed by atoms with van der Waals surface area (Å²) in [6, 6.07) is 16.1. The SMILES string of the molecule is Cc1ccccc1NC(=O)c1cccn(OCc2cccc([N+](=O)[O-])c2)c1=O. The molecular formula is C20H17N3O5. The van der Waals surface area contributed by atoms with E-state index in [-0.39, 0.29) is 17.9 Å². The number of aryl methyl sites for hydroxylation is 1. The number of benzene rings is 2. The fourth-order valence-corrected chi connectivity index (χ4v) is 2.56. The topological polar surface area (TPSA) is 103 Å². The van der Waals surface area contributed by atoms with E-state index in [4.69, 9.17) is 4.84 Å². The predicted molar refractivity (Wildman–Crippen MR) is 103 cm³/mol. The second-order valence-corrected chi connectivity index (χ2v) is 6.02. The van der Waals surface area contributed by atoms with Gasteiger partial charge < -0.3 is 10.2 Å². The zero-order chi connectivity index (χ0) is 20.1. The van der Waals surface area contributed by atoms with E-state index in [1.54, 1.807) is 18.2 Å². The molecule has 0 saturated carbocycles. The number of nitrogens with one attached hydrogen (secondary N) is 1. The zero-order valence-electron chi connectivity index (χ0n) is 15.0. The van der Waals surface area contributed by atoms with Crippen LogP contribution in [0.1, 0.15) is 21.5 Å². The largest absolute Gasteiger partial charge is 0.406 e. The molecule has 0 unspecified atom stereocenters. The van der Waals surface area contributed by atoms with Gasteiger partial charge in [-0.2, -0.15) is 4.73 Å². The van der Waals surface area contributed by atoms with Crippen molar-refractivity contribution in [2.24, 2.45) is 0 Å². The van der Waals surface area contributed by atoms with Gasteiger partial charge in [-0.05, 0) is 36.2 Å². The number of non-ortho nitro benzene ring substituents is 1. The number of pyridine rings is 1. The summed E-state index contributed by atoms with van der Waals surface area (Å²) in [5.74, 6) is -0.549. The fourth-order valence-electron chi connectivity index (χ4n) is 2.56. The van der Waals surface area contributed by atoms with Crippen molar-refractivity contribution in [1.29, 1.82) is 0 Å². The predicted octanol–water partition coefficient (Wildman–Crippen LogP) is 2.95. The van der Waals surface area contributed by atoms with Crippen LogP contribution in [0, 0.1) is 17.0 Å². The average Bonchev–Trinajstić information content (AvgIpc) is 2.69. The summed E-state index contributed by atoms with van der Waals surface area (Å²) in [7, 11) is 0. The molecule has 0 aliphatic rings. The Morgan fingerprint density at radius 1 is 1.14 bits per heavy atom. The first-order valence-corrected chi connectivity index (χ1v) is 8.41. The molecule has 0 saturated heterocycles.